The molecule has 2 aromatic carbocycles. The minimum atomic E-state index is -0.470. The van der Waals surface area contributed by atoms with Gasteiger partial charge in [-0.25, -0.2) is 4.39 Å². The van der Waals surface area contributed by atoms with Gasteiger partial charge in [-0.1, -0.05) is 24.3 Å². The van der Waals surface area contributed by atoms with Crippen molar-refractivity contribution in [3.8, 4) is 11.5 Å². The number of halogens is 1. The minimum absolute atomic E-state index is 0.144. The van der Waals surface area contributed by atoms with Gasteiger partial charge in [0.2, 0.25) is 0 Å². The molecule has 31 heavy (non-hydrogen) atoms. The number of carbonyl (C=O) groups excluding carboxylic acids is 2. The Morgan fingerprint density at radius 1 is 0.968 bits per heavy atom. The fourth-order valence-electron chi connectivity index (χ4n) is 3.84. The van der Waals surface area contributed by atoms with Crippen LogP contribution in [0.2, 0.25) is 0 Å². The first-order chi connectivity index (χ1) is 15.0. The second kappa shape index (κ2) is 8.77. The fourth-order valence-corrected chi connectivity index (χ4v) is 3.84. The van der Waals surface area contributed by atoms with E-state index in [2.05, 4.69) is 0 Å². The second-order valence-electron chi connectivity index (χ2n) is 7.18. The standard InChI is InChI=1S/C23H23FN2O5/c1-29-18-8-7-15(13-19(18)30-2)20-21(25-9-11-31-12-10-25)23(28)26(22(20)27)14-16-5-3-4-6-17(16)24/h3-8,13H,9-12,14H2,1-2H3. The maximum atomic E-state index is 14.2. The molecule has 2 aromatic rings. The Hall–Kier alpha value is -3.39. The van der Waals surface area contributed by atoms with E-state index in [0.717, 1.165) is 4.90 Å². The number of imide groups is 1. The molecule has 0 spiro atoms. The van der Waals surface area contributed by atoms with Gasteiger partial charge in [0.15, 0.2) is 11.5 Å². The maximum Gasteiger partial charge on any atom is 0.278 e. The molecule has 162 valence electrons. The highest BCUT2D eigenvalue weighted by Gasteiger charge is 2.42. The van der Waals surface area contributed by atoms with Crippen molar-refractivity contribution in [1.82, 2.24) is 9.80 Å². The monoisotopic (exact) mass is 426 g/mol. The van der Waals surface area contributed by atoms with Gasteiger partial charge in [0.25, 0.3) is 11.8 Å². The number of ether oxygens (including phenoxy) is 3. The zero-order valence-electron chi connectivity index (χ0n) is 17.4. The Morgan fingerprint density at radius 3 is 2.35 bits per heavy atom. The molecule has 2 aliphatic rings. The van der Waals surface area contributed by atoms with Crippen molar-refractivity contribution in [2.24, 2.45) is 0 Å². The summed E-state index contributed by atoms with van der Waals surface area (Å²) in [6.07, 6.45) is 0. The van der Waals surface area contributed by atoms with Gasteiger partial charge in [-0.15, -0.1) is 0 Å². The van der Waals surface area contributed by atoms with Crippen molar-refractivity contribution in [3.63, 3.8) is 0 Å². The van der Waals surface area contributed by atoms with Crippen LogP contribution in [0.3, 0.4) is 0 Å². The Balaban J connectivity index is 1.78. The van der Waals surface area contributed by atoms with E-state index in [1.54, 1.807) is 36.4 Å². The number of morpholine rings is 1. The molecule has 2 amide bonds. The number of nitrogens with zero attached hydrogens (tertiary/aromatic N) is 2. The van der Waals surface area contributed by atoms with Gasteiger partial charge in [0.05, 0.1) is 39.6 Å². The molecular weight excluding hydrogens is 403 g/mol. The van der Waals surface area contributed by atoms with Crippen LogP contribution >= 0.6 is 0 Å². The fraction of sp³-hybridized carbons (Fsp3) is 0.304. The van der Waals surface area contributed by atoms with E-state index >= 15 is 0 Å². The number of rotatable bonds is 6. The Labute approximate surface area is 179 Å². The third-order valence-corrected chi connectivity index (χ3v) is 5.43. The summed E-state index contributed by atoms with van der Waals surface area (Å²) < 4.78 is 30.3. The van der Waals surface area contributed by atoms with Gasteiger partial charge in [-0.3, -0.25) is 14.5 Å². The number of methoxy groups -OCH3 is 2. The van der Waals surface area contributed by atoms with Crippen molar-refractivity contribution >= 4 is 17.4 Å². The van der Waals surface area contributed by atoms with Crippen LogP contribution in [0.1, 0.15) is 11.1 Å². The predicted molar refractivity (Wildman–Crippen MR) is 111 cm³/mol. The molecule has 2 aliphatic heterocycles. The van der Waals surface area contributed by atoms with Gasteiger partial charge in [0, 0.05) is 18.7 Å². The van der Waals surface area contributed by atoms with E-state index in [9.17, 15) is 14.0 Å². The summed E-state index contributed by atoms with van der Waals surface area (Å²) in [6, 6.07) is 11.2. The van der Waals surface area contributed by atoms with Crippen molar-refractivity contribution < 1.29 is 28.2 Å². The molecule has 0 atom stereocenters. The molecule has 1 fully saturated rings. The summed E-state index contributed by atoms with van der Waals surface area (Å²) in [5, 5.41) is 0. The van der Waals surface area contributed by atoms with Crippen LogP contribution in [0.5, 0.6) is 11.5 Å². The van der Waals surface area contributed by atoms with Crippen LogP contribution in [0.15, 0.2) is 48.2 Å². The summed E-state index contributed by atoms with van der Waals surface area (Å²) in [4.78, 5) is 29.8. The first-order valence-electron chi connectivity index (χ1n) is 9.94. The molecule has 0 N–H and O–H groups in total. The van der Waals surface area contributed by atoms with E-state index in [1.165, 1.54) is 20.3 Å². The molecule has 0 aliphatic carbocycles. The number of amides is 2. The average molecular weight is 426 g/mol. The highest BCUT2D eigenvalue weighted by Crippen LogP contribution is 2.37. The zero-order valence-corrected chi connectivity index (χ0v) is 17.4. The molecular formula is C23H23FN2O5. The number of carbonyl (C=O) groups is 2. The lowest BCUT2D eigenvalue weighted by Crippen LogP contribution is -2.40. The zero-order chi connectivity index (χ0) is 22.0. The number of hydrogen-bond acceptors (Lipinski definition) is 6. The quantitative estimate of drug-likeness (QED) is 0.661. The van der Waals surface area contributed by atoms with Crippen molar-refractivity contribution in [2.45, 2.75) is 6.54 Å². The molecule has 0 aromatic heterocycles. The van der Waals surface area contributed by atoms with Crippen LogP contribution in [-0.2, 0) is 20.9 Å². The van der Waals surface area contributed by atoms with Gasteiger partial charge in [-0.2, -0.15) is 0 Å². The third kappa shape index (κ3) is 3.86. The second-order valence-corrected chi connectivity index (χ2v) is 7.18. The van der Waals surface area contributed by atoms with E-state index in [-0.39, 0.29) is 17.7 Å². The average Bonchev–Trinajstić information content (AvgIpc) is 3.05. The predicted octanol–water partition coefficient (Wildman–Crippen LogP) is 2.46. The lowest BCUT2D eigenvalue weighted by Gasteiger charge is -2.29. The molecule has 0 bridgehead atoms. The lowest BCUT2D eigenvalue weighted by molar-refractivity contribution is -0.138. The van der Waals surface area contributed by atoms with Crippen LogP contribution < -0.4 is 9.47 Å². The molecule has 2 heterocycles. The van der Waals surface area contributed by atoms with Gasteiger partial charge in [-0.05, 0) is 23.8 Å². The third-order valence-electron chi connectivity index (χ3n) is 5.43. The van der Waals surface area contributed by atoms with E-state index in [1.807, 2.05) is 4.90 Å². The normalized spacial score (nSPS) is 16.9. The van der Waals surface area contributed by atoms with Crippen LogP contribution in [0, 0.1) is 5.82 Å². The maximum absolute atomic E-state index is 14.2. The summed E-state index contributed by atoms with van der Waals surface area (Å²) >= 11 is 0. The highest BCUT2D eigenvalue weighted by atomic mass is 19.1. The van der Waals surface area contributed by atoms with E-state index < -0.39 is 17.6 Å². The smallest absolute Gasteiger partial charge is 0.278 e. The largest absolute Gasteiger partial charge is 0.493 e. The number of benzene rings is 2. The number of hydrogen-bond donors (Lipinski definition) is 0. The first kappa shape index (κ1) is 20.9. The molecule has 0 saturated carbocycles. The van der Waals surface area contributed by atoms with Crippen LogP contribution in [0.25, 0.3) is 5.57 Å². The molecule has 0 unspecified atom stereocenters. The molecule has 1 saturated heterocycles. The van der Waals surface area contributed by atoms with Crippen LogP contribution in [-0.4, -0.2) is 62.1 Å². The molecule has 0 radical (unpaired) electrons. The minimum Gasteiger partial charge on any atom is -0.493 e. The van der Waals surface area contributed by atoms with Crippen molar-refractivity contribution in [1.29, 1.82) is 0 Å². The van der Waals surface area contributed by atoms with Crippen molar-refractivity contribution in [2.75, 3.05) is 40.5 Å². The van der Waals surface area contributed by atoms with Gasteiger partial charge in [0.1, 0.15) is 11.5 Å². The van der Waals surface area contributed by atoms with Gasteiger partial charge >= 0.3 is 0 Å². The Kier molecular flexibility index (Phi) is 5.90. The molecule has 4 rings (SSSR count). The summed E-state index contributed by atoms with van der Waals surface area (Å²) in [5.74, 6) is -0.418. The van der Waals surface area contributed by atoms with E-state index in [0.29, 0.717) is 49.1 Å². The first-order valence-corrected chi connectivity index (χ1v) is 9.94. The molecule has 8 heteroatoms. The summed E-state index contributed by atoms with van der Waals surface area (Å²) in [7, 11) is 3.03. The SMILES string of the molecule is COc1ccc(C2=C(N3CCOCC3)C(=O)N(Cc3ccccc3F)C2=O)cc1OC. The Morgan fingerprint density at radius 2 is 1.68 bits per heavy atom. The van der Waals surface area contributed by atoms with E-state index in [4.69, 9.17) is 14.2 Å². The Bertz CT molecular complexity index is 1050. The summed E-state index contributed by atoms with van der Waals surface area (Å²) in [6.45, 7) is 1.74. The summed E-state index contributed by atoms with van der Waals surface area (Å²) in [5.41, 5.74) is 1.38. The highest BCUT2D eigenvalue weighted by molar-refractivity contribution is 6.35. The van der Waals surface area contributed by atoms with Crippen LogP contribution in [0.4, 0.5) is 4.39 Å². The van der Waals surface area contributed by atoms with Crippen molar-refractivity contribution in [3.05, 3.63) is 65.1 Å². The topological polar surface area (TPSA) is 68.3 Å². The lowest BCUT2D eigenvalue weighted by atomic mass is 10.0. The van der Waals surface area contributed by atoms with Gasteiger partial charge < -0.3 is 19.1 Å². The molecule has 7 nitrogen and oxygen atoms in total.